The third-order valence-electron chi connectivity index (χ3n) is 4.04. The molecule has 3 heterocycles. The van der Waals surface area contributed by atoms with E-state index in [4.69, 9.17) is 10.3 Å². The molecular formula is C18H19N7O. The number of benzene rings is 1. The van der Waals surface area contributed by atoms with Gasteiger partial charge >= 0.3 is 0 Å². The van der Waals surface area contributed by atoms with Crippen molar-refractivity contribution in [2.45, 2.75) is 26.2 Å². The van der Waals surface area contributed by atoms with E-state index >= 15 is 0 Å². The molecule has 0 bridgehead atoms. The molecule has 0 fully saturated rings. The van der Waals surface area contributed by atoms with Crippen molar-refractivity contribution >= 4 is 28.4 Å². The first-order valence-corrected chi connectivity index (χ1v) is 8.20. The first kappa shape index (κ1) is 16.1. The summed E-state index contributed by atoms with van der Waals surface area (Å²) in [7, 11) is 0. The van der Waals surface area contributed by atoms with E-state index in [-0.39, 0.29) is 5.41 Å². The van der Waals surface area contributed by atoms with Crippen LogP contribution in [0.2, 0.25) is 0 Å². The van der Waals surface area contributed by atoms with E-state index in [0.717, 1.165) is 22.4 Å². The number of nitrogens with zero attached hydrogens (tertiary/aromatic N) is 4. The van der Waals surface area contributed by atoms with Gasteiger partial charge in [-0.2, -0.15) is 10.1 Å². The number of nitrogen functional groups attached to an aromatic ring is 1. The molecule has 0 spiro atoms. The number of nitrogens with two attached hydrogens (primary N) is 1. The number of nitrogens with one attached hydrogen (secondary N) is 2. The standard InChI is InChI=1S/C18H19N7O/c1-18(2,3)15-7-14(25-26-15)12-9-20-17(23-16(12)19)22-11-4-5-13-10(6-11)8-21-24-13/h4-9H,1-3H3,(H,21,24)(H3,19,20,22,23). The van der Waals surface area contributed by atoms with Gasteiger partial charge in [0, 0.05) is 28.8 Å². The van der Waals surface area contributed by atoms with Gasteiger partial charge in [0.2, 0.25) is 5.95 Å². The lowest BCUT2D eigenvalue weighted by Gasteiger charge is -2.12. The van der Waals surface area contributed by atoms with Crippen LogP contribution in [0.4, 0.5) is 17.5 Å². The van der Waals surface area contributed by atoms with Crippen LogP contribution in [0.5, 0.6) is 0 Å². The van der Waals surface area contributed by atoms with Crippen molar-refractivity contribution in [2.24, 2.45) is 0 Å². The lowest BCUT2D eigenvalue weighted by molar-refractivity contribution is 0.330. The molecule has 0 aliphatic carbocycles. The molecule has 1 aromatic carbocycles. The maximum absolute atomic E-state index is 6.11. The predicted molar refractivity (Wildman–Crippen MR) is 100 cm³/mol. The summed E-state index contributed by atoms with van der Waals surface area (Å²) in [4.78, 5) is 8.68. The average Bonchev–Trinajstić information content (AvgIpc) is 3.23. The monoisotopic (exact) mass is 349 g/mol. The average molecular weight is 349 g/mol. The number of aromatic nitrogens is 5. The first-order valence-electron chi connectivity index (χ1n) is 8.20. The third-order valence-corrected chi connectivity index (χ3v) is 4.04. The zero-order chi connectivity index (χ0) is 18.3. The first-order chi connectivity index (χ1) is 12.4. The van der Waals surface area contributed by atoms with Crippen molar-refractivity contribution in [3.63, 3.8) is 0 Å². The summed E-state index contributed by atoms with van der Waals surface area (Å²) < 4.78 is 5.41. The largest absolute Gasteiger partial charge is 0.383 e. The van der Waals surface area contributed by atoms with Gasteiger partial charge in [0.15, 0.2) is 0 Å². The smallest absolute Gasteiger partial charge is 0.229 e. The van der Waals surface area contributed by atoms with Gasteiger partial charge < -0.3 is 15.6 Å². The molecule has 8 nitrogen and oxygen atoms in total. The van der Waals surface area contributed by atoms with Gasteiger partial charge in [0.05, 0.1) is 17.3 Å². The van der Waals surface area contributed by atoms with E-state index in [2.05, 4.69) is 51.4 Å². The fourth-order valence-electron chi connectivity index (χ4n) is 2.56. The summed E-state index contributed by atoms with van der Waals surface area (Å²) in [6, 6.07) is 7.68. The molecule has 0 saturated carbocycles. The van der Waals surface area contributed by atoms with Crippen molar-refractivity contribution in [1.29, 1.82) is 0 Å². The van der Waals surface area contributed by atoms with Gasteiger partial charge in [0.25, 0.3) is 0 Å². The van der Waals surface area contributed by atoms with Crippen LogP contribution in [0.1, 0.15) is 26.5 Å². The van der Waals surface area contributed by atoms with Crippen LogP contribution < -0.4 is 11.1 Å². The molecular weight excluding hydrogens is 330 g/mol. The van der Waals surface area contributed by atoms with Crippen LogP contribution >= 0.6 is 0 Å². The third kappa shape index (κ3) is 2.97. The van der Waals surface area contributed by atoms with E-state index in [1.807, 2.05) is 24.3 Å². The molecule has 0 aliphatic heterocycles. The second-order valence-electron chi connectivity index (χ2n) is 7.12. The molecule has 0 saturated heterocycles. The Balaban J connectivity index is 1.60. The SMILES string of the molecule is CC(C)(C)c1cc(-c2cnc(Nc3ccc4[nH]ncc4c3)nc2N)no1. The van der Waals surface area contributed by atoms with E-state index in [9.17, 15) is 0 Å². The van der Waals surface area contributed by atoms with Crippen molar-refractivity contribution in [2.75, 3.05) is 11.1 Å². The van der Waals surface area contributed by atoms with Gasteiger partial charge in [-0.3, -0.25) is 5.10 Å². The summed E-state index contributed by atoms with van der Waals surface area (Å²) in [5.41, 5.74) is 9.06. The molecule has 132 valence electrons. The van der Waals surface area contributed by atoms with E-state index < -0.39 is 0 Å². The predicted octanol–water partition coefficient (Wildman–Crippen LogP) is 3.63. The van der Waals surface area contributed by atoms with E-state index in [1.54, 1.807) is 12.4 Å². The number of aromatic amines is 1. The summed E-state index contributed by atoms with van der Waals surface area (Å²) in [5.74, 6) is 1.52. The van der Waals surface area contributed by atoms with Gasteiger partial charge in [-0.25, -0.2) is 4.98 Å². The quantitative estimate of drug-likeness (QED) is 0.516. The molecule has 0 amide bonds. The molecule has 3 aromatic heterocycles. The number of hydrogen-bond donors (Lipinski definition) is 3. The summed E-state index contributed by atoms with van der Waals surface area (Å²) in [6.07, 6.45) is 3.40. The Kier molecular flexibility index (Phi) is 3.61. The number of H-pyrrole nitrogens is 1. The normalized spacial score (nSPS) is 11.8. The van der Waals surface area contributed by atoms with Crippen LogP contribution in [0.25, 0.3) is 22.2 Å². The van der Waals surface area contributed by atoms with Gasteiger partial charge in [-0.1, -0.05) is 25.9 Å². The number of hydrogen-bond acceptors (Lipinski definition) is 7. The van der Waals surface area contributed by atoms with Crippen molar-refractivity contribution in [3.05, 3.63) is 42.4 Å². The summed E-state index contributed by atoms with van der Waals surface area (Å²) >= 11 is 0. The zero-order valence-electron chi connectivity index (χ0n) is 14.7. The van der Waals surface area contributed by atoms with Gasteiger partial charge in [-0.05, 0) is 18.2 Å². The van der Waals surface area contributed by atoms with Crippen LogP contribution in [-0.2, 0) is 5.41 Å². The summed E-state index contributed by atoms with van der Waals surface area (Å²) in [5, 5.41) is 15.2. The van der Waals surface area contributed by atoms with E-state index in [1.165, 1.54) is 0 Å². The molecule has 0 radical (unpaired) electrons. The zero-order valence-corrected chi connectivity index (χ0v) is 14.7. The van der Waals surface area contributed by atoms with Crippen molar-refractivity contribution in [1.82, 2.24) is 25.3 Å². The minimum absolute atomic E-state index is 0.131. The molecule has 4 aromatic rings. The second-order valence-corrected chi connectivity index (χ2v) is 7.12. The maximum atomic E-state index is 6.11. The van der Waals surface area contributed by atoms with Gasteiger partial charge in [0.1, 0.15) is 17.3 Å². The highest BCUT2D eigenvalue weighted by Gasteiger charge is 2.21. The highest BCUT2D eigenvalue weighted by molar-refractivity contribution is 5.82. The number of fused-ring (bicyclic) bond motifs is 1. The number of rotatable bonds is 3. The van der Waals surface area contributed by atoms with Crippen LogP contribution in [-0.4, -0.2) is 25.3 Å². The molecule has 8 heteroatoms. The van der Waals surface area contributed by atoms with Crippen LogP contribution in [0.3, 0.4) is 0 Å². The lowest BCUT2D eigenvalue weighted by Crippen LogP contribution is -2.09. The Hall–Kier alpha value is -3.42. The molecule has 0 atom stereocenters. The van der Waals surface area contributed by atoms with Crippen LogP contribution in [0.15, 0.2) is 41.2 Å². The highest BCUT2D eigenvalue weighted by atomic mass is 16.5. The minimum atomic E-state index is -0.131. The highest BCUT2D eigenvalue weighted by Crippen LogP contribution is 2.30. The Labute approximate surface area is 149 Å². The minimum Gasteiger partial charge on any atom is -0.383 e. The number of anilines is 3. The lowest BCUT2D eigenvalue weighted by atomic mass is 9.93. The Morgan fingerprint density at radius 1 is 1.15 bits per heavy atom. The Bertz CT molecular complexity index is 1070. The molecule has 4 N–H and O–H groups in total. The van der Waals surface area contributed by atoms with E-state index in [0.29, 0.717) is 23.0 Å². The fraction of sp³-hybridized carbons (Fsp3) is 0.222. The Morgan fingerprint density at radius 2 is 2.00 bits per heavy atom. The van der Waals surface area contributed by atoms with Crippen molar-refractivity contribution < 1.29 is 4.52 Å². The second kappa shape index (κ2) is 5.83. The molecule has 0 unspecified atom stereocenters. The maximum Gasteiger partial charge on any atom is 0.229 e. The fourth-order valence-corrected chi connectivity index (χ4v) is 2.56. The van der Waals surface area contributed by atoms with Crippen LogP contribution in [0, 0.1) is 0 Å². The topological polar surface area (TPSA) is 119 Å². The summed E-state index contributed by atoms with van der Waals surface area (Å²) in [6.45, 7) is 6.17. The van der Waals surface area contributed by atoms with Gasteiger partial charge in [-0.15, -0.1) is 0 Å². The molecule has 4 rings (SSSR count). The molecule has 0 aliphatic rings. The molecule has 26 heavy (non-hydrogen) atoms. The van der Waals surface area contributed by atoms with Crippen molar-refractivity contribution in [3.8, 4) is 11.3 Å². The Morgan fingerprint density at radius 3 is 2.73 bits per heavy atom.